The Labute approximate surface area is 144 Å². The molecule has 0 saturated heterocycles. The Kier molecular flexibility index (Phi) is 6.83. The molecular weight excluding hydrogens is 328 g/mol. The number of amides is 1. The standard InChI is InChI=1S/C19H17F2NO3/c20-16-8-5-14(6-9-16)11-12-22-18(23)13-25-19(24)10-7-15-3-1-2-4-17(15)21/h1-10H,11-13H2,(H,22,23)/b10-7+. The van der Waals surface area contributed by atoms with Crippen LogP contribution in [0.25, 0.3) is 6.08 Å². The minimum atomic E-state index is -0.739. The molecule has 1 N–H and O–H groups in total. The van der Waals surface area contributed by atoms with Gasteiger partial charge in [0.25, 0.3) is 5.91 Å². The zero-order valence-corrected chi connectivity index (χ0v) is 13.4. The highest BCUT2D eigenvalue weighted by Crippen LogP contribution is 2.08. The predicted octanol–water partition coefficient (Wildman–Crippen LogP) is 2.88. The molecule has 0 radical (unpaired) electrons. The summed E-state index contributed by atoms with van der Waals surface area (Å²) in [6.07, 6.45) is 2.88. The molecule has 2 aromatic rings. The number of ether oxygens (including phenoxy) is 1. The van der Waals surface area contributed by atoms with Crippen LogP contribution in [-0.4, -0.2) is 25.0 Å². The first-order valence-electron chi connectivity index (χ1n) is 7.65. The van der Waals surface area contributed by atoms with Crippen LogP contribution in [-0.2, 0) is 20.7 Å². The van der Waals surface area contributed by atoms with Crippen LogP contribution in [0.5, 0.6) is 0 Å². The van der Waals surface area contributed by atoms with Crippen LogP contribution in [0.4, 0.5) is 8.78 Å². The number of hydrogen-bond donors (Lipinski definition) is 1. The number of carbonyl (C=O) groups excluding carboxylic acids is 2. The van der Waals surface area contributed by atoms with Crippen molar-refractivity contribution in [3.8, 4) is 0 Å². The van der Waals surface area contributed by atoms with E-state index in [-0.39, 0.29) is 11.4 Å². The first-order valence-corrected chi connectivity index (χ1v) is 7.65. The summed E-state index contributed by atoms with van der Waals surface area (Å²) < 4.78 is 30.9. The fourth-order valence-corrected chi connectivity index (χ4v) is 2.00. The number of halogens is 2. The van der Waals surface area contributed by atoms with Gasteiger partial charge in [-0.3, -0.25) is 4.79 Å². The van der Waals surface area contributed by atoms with Crippen molar-refractivity contribution in [2.75, 3.05) is 13.2 Å². The molecule has 0 aliphatic carbocycles. The fraction of sp³-hybridized carbons (Fsp3) is 0.158. The van der Waals surface area contributed by atoms with Gasteiger partial charge in [-0.15, -0.1) is 0 Å². The number of benzene rings is 2. The molecule has 0 aliphatic rings. The molecule has 0 saturated carbocycles. The predicted molar refractivity (Wildman–Crippen MR) is 89.5 cm³/mol. The van der Waals surface area contributed by atoms with Crippen molar-refractivity contribution in [2.45, 2.75) is 6.42 Å². The minimum Gasteiger partial charge on any atom is -0.452 e. The van der Waals surface area contributed by atoms with Crippen LogP contribution < -0.4 is 5.32 Å². The summed E-state index contributed by atoms with van der Waals surface area (Å²) in [7, 11) is 0. The molecule has 1 amide bonds. The van der Waals surface area contributed by atoms with E-state index in [1.807, 2.05) is 0 Å². The molecule has 0 atom stereocenters. The van der Waals surface area contributed by atoms with Gasteiger partial charge in [-0.2, -0.15) is 0 Å². The first kappa shape index (κ1) is 18.3. The van der Waals surface area contributed by atoms with Crippen LogP contribution in [0.15, 0.2) is 54.6 Å². The molecule has 2 rings (SSSR count). The smallest absolute Gasteiger partial charge is 0.331 e. The maximum Gasteiger partial charge on any atom is 0.331 e. The molecule has 0 aromatic heterocycles. The van der Waals surface area contributed by atoms with Crippen molar-refractivity contribution >= 4 is 18.0 Å². The van der Waals surface area contributed by atoms with Crippen LogP contribution in [0.2, 0.25) is 0 Å². The first-order chi connectivity index (χ1) is 12.0. The van der Waals surface area contributed by atoms with Crippen LogP contribution in [0.3, 0.4) is 0 Å². The quantitative estimate of drug-likeness (QED) is 0.620. The summed E-state index contributed by atoms with van der Waals surface area (Å²) in [6, 6.07) is 11.9. The van der Waals surface area contributed by atoms with Gasteiger partial charge in [0, 0.05) is 18.2 Å². The molecule has 0 bridgehead atoms. The number of hydrogen-bond acceptors (Lipinski definition) is 3. The fourth-order valence-electron chi connectivity index (χ4n) is 2.00. The largest absolute Gasteiger partial charge is 0.452 e. The van der Waals surface area contributed by atoms with E-state index in [9.17, 15) is 18.4 Å². The summed E-state index contributed by atoms with van der Waals surface area (Å²) in [5.41, 5.74) is 1.13. The van der Waals surface area contributed by atoms with Gasteiger partial charge < -0.3 is 10.1 Å². The number of nitrogens with one attached hydrogen (secondary N) is 1. The lowest BCUT2D eigenvalue weighted by molar-refractivity contribution is -0.143. The zero-order chi connectivity index (χ0) is 18.1. The van der Waals surface area contributed by atoms with Crippen LogP contribution >= 0.6 is 0 Å². The van der Waals surface area contributed by atoms with E-state index in [1.54, 1.807) is 24.3 Å². The molecular formula is C19H17F2NO3. The Morgan fingerprint density at radius 2 is 1.76 bits per heavy atom. The highest BCUT2D eigenvalue weighted by Gasteiger charge is 2.05. The SMILES string of the molecule is O=C(COC(=O)/C=C/c1ccccc1F)NCCc1ccc(F)cc1. The molecule has 130 valence electrons. The summed E-state index contributed by atoms with van der Waals surface area (Å²) in [6.45, 7) is -0.0864. The highest BCUT2D eigenvalue weighted by atomic mass is 19.1. The molecule has 0 unspecified atom stereocenters. The molecule has 0 heterocycles. The Hall–Kier alpha value is -3.02. The van der Waals surface area contributed by atoms with Crippen LogP contribution in [0.1, 0.15) is 11.1 Å². The van der Waals surface area contributed by atoms with Crippen molar-refractivity contribution in [3.05, 3.63) is 77.4 Å². The molecule has 0 fully saturated rings. The van der Waals surface area contributed by atoms with Crippen molar-refractivity contribution in [3.63, 3.8) is 0 Å². The van der Waals surface area contributed by atoms with E-state index in [0.29, 0.717) is 13.0 Å². The van der Waals surface area contributed by atoms with Crippen molar-refractivity contribution in [1.29, 1.82) is 0 Å². The van der Waals surface area contributed by atoms with Gasteiger partial charge >= 0.3 is 5.97 Å². The second-order valence-electron chi connectivity index (χ2n) is 5.19. The highest BCUT2D eigenvalue weighted by molar-refractivity contribution is 5.89. The van der Waals surface area contributed by atoms with E-state index in [0.717, 1.165) is 11.6 Å². The second kappa shape index (κ2) is 9.32. The zero-order valence-electron chi connectivity index (χ0n) is 13.4. The average molecular weight is 345 g/mol. The van der Waals surface area contributed by atoms with Gasteiger partial charge in [0.15, 0.2) is 6.61 Å². The average Bonchev–Trinajstić information content (AvgIpc) is 2.61. The lowest BCUT2D eigenvalue weighted by atomic mass is 10.1. The maximum atomic E-state index is 13.4. The molecule has 4 nitrogen and oxygen atoms in total. The molecule has 0 spiro atoms. The van der Waals surface area contributed by atoms with Gasteiger partial charge in [0.2, 0.25) is 0 Å². The molecule has 2 aromatic carbocycles. The maximum absolute atomic E-state index is 13.4. The van der Waals surface area contributed by atoms with Crippen LogP contribution in [0, 0.1) is 11.6 Å². The van der Waals surface area contributed by atoms with E-state index in [4.69, 9.17) is 4.74 Å². The minimum absolute atomic E-state index is 0.253. The van der Waals surface area contributed by atoms with Crippen molar-refractivity contribution < 1.29 is 23.1 Å². The number of esters is 1. The summed E-state index contributed by atoms with van der Waals surface area (Å²) in [5.74, 6) is -1.96. The topological polar surface area (TPSA) is 55.4 Å². The normalized spacial score (nSPS) is 10.6. The van der Waals surface area contributed by atoms with Gasteiger partial charge in [-0.1, -0.05) is 30.3 Å². The summed E-state index contributed by atoms with van der Waals surface area (Å²) in [4.78, 5) is 23.1. The van der Waals surface area contributed by atoms with E-state index < -0.39 is 24.3 Å². The Bertz CT molecular complexity index is 758. The summed E-state index contributed by atoms with van der Waals surface area (Å²) >= 11 is 0. The van der Waals surface area contributed by atoms with E-state index in [2.05, 4.69) is 5.32 Å². The number of rotatable bonds is 7. The Morgan fingerprint density at radius 1 is 1.04 bits per heavy atom. The Morgan fingerprint density at radius 3 is 2.48 bits per heavy atom. The van der Waals surface area contributed by atoms with Crippen molar-refractivity contribution in [1.82, 2.24) is 5.32 Å². The van der Waals surface area contributed by atoms with Gasteiger partial charge in [-0.05, 0) is 36.3 Å². The van der Waals surface area contributed by atoms with E-state index >= 15 is 0 Å². The van der Waals surface area contributed by atoms with Crippen molar-refractivity contribution in [2.24, 2.45) is 0 Å². The van der Waals surface area contributed by atoms with Gasteiger partial charge in [0.1, 0.15) is 11.6 Å². The number of carbonyl (C=O) groups is 2. The molecule has 0 aliphatic heterocycles. The lowest BCUT2D eigenvalue weighted by Gasteiger charge is -2.05. The Balaban J connectivity index is 1.68. The lowest BCUT2D eigenvalue weighted by Crippen LogP contribution is -2.30. The van der Waals surface area contributed by atoms with E-state index in [1.165, 1.54) is 30.3 Å². The molecule has 25 heavy (non-hydrogen) atoms. The monoisotopic (exact) mass is 345 g/mol. The third-order valence-corrected chi connectivity index (χ3v) is 3.30. The third kappa shape index (κ3) is 6.55. The molecule has 6 heteroatoms. The summed E-state index contributed by atoms with van der Waals surface area (Å²) in [5, 5.41) is 2.59. The van der Waals surface area contributed by atoms with Gasteiger partial charge in [0.05, 0.1) is 0 Å². The van der Waals surface area contributed by atoms with Gasteiger partial charge in [-0.25, -0.2) is 13.6 Å². The second-order valence-corrected chi connectivity index (χ2v) is 5.19. The third-order valence-electron chi connectivity index (χ3n) is 3.30.